The number of aromatic nitrogens is 1. The lowest BCUT2D eigenvalue weighted by molar-refractivity contribution is -0.126. The normalized spacial score (nSPS) is 19.8. The predicted molar refractivity (Wildman–Crippen MR) is 96.1 cm³/mol. The van der Waals surface area contributed by atoms with E-state index in [9.17, 15) is 4.79 Å². The van der Waals surface area contributed by atoms with Crippen molar-refractivity contribution in [2.75, 3.05) is 37.8 Å². The van der Waals surface area contributed by atoms with Crippen molar-refractivity contribution in [1.82, 2.24) is 10.3 Å². The van der Waals surface area contributed by atoms with Crippen molar-refractivity contribution in [2.45, 2.75) is 13.0 Å². The van der Waals surface area contributed by atoms with E-state index in [1.165, 1.54) is 0 Å². The number of anilines is 1. The first-order valence-corrected chi connectivity index (χ1v) is 9.43. The molecule has 1 fully saturated rings. The number of amides is 1. The summed E-state index contributed by atoms with van der Waals surface area (Å²) in [6.45, 7) is 4.12. The lowest BCUT2D eigenvalue weighted by Crippen LogP contribution is -2.37. The molecular formula is C18H21N3O3S. The number of rotatable bonds is 4. The molecule has 1 atom stereocenters. The highest BCUT2D eigenvalue weighted by Gasteiger charge is 2.25. The summed E-state index contributed by atoms with van der Waals surface area (Å²) in [5.41, 5.74) is 1.99. The van der Waals surface area contributed by atoms with E-state index in [1.807, 2.05) is 29.6 Å². The number of carbonyl (C=O) groups is 1. The van der Waals surface area contributed by atoms with Gasteiger partial charge in [0.05, 0.1) is 31.4 Å². The van der Waals surface area contributed by atoms with E-state index in [0.29, 0.717) is 13.2 Å². The van der Waals surface area contributed by atoms with E-state index < -0.39 is 0 Å². The van der Waals surface area contributed by atoms with Crippen LogP contribution in [0.25, 0.3) is 0 Å². The average molecular weight is 359 g/mol. The van der Waals surface area contributed by atoms with Crippen LogP contribution in [0.4, 0.5) is 5.13 Å². The van der Waals surface area contributed by atoms with Gasteiger partial charge in [-0.05, 0) is 18.1 Å². The van der Waals surface area contributed by atoms with Gasteiger partial charge in [-0.3, -0.25) is 4.79 Å². The first kappa shape index (κ1) is 16.4. The number of hydrogen-bond acceptors (Lipinski definition) is 6. The van der Waals surface area contributed by atoms with Gasteiger partial charge in [-0.25, -0.2) is 4.98 Å². The van der Waals surface area contributed by atoms with Crippen molar-refractivity contribution in [3.8, 4) is 5.75 Å². The van der Waals surface area contributed by atoms with Gasteiger partial charge in [0, 0.05) is 18.5 Å². The topological polar surface area (TPSA) is 63.7 Å². The van der Waals surface area contributed by atoms with Crippen LogP contribution in [0.2, 0.25) is 0 Å². The maximum Gasteiger partial charge on any atom is 0.227 e. The summed E-state index contributed by atoms with van der Waals surface area (Å²) in [6.07, 6.45) is 0.720. The molecule has 0 spiro atoms. The molecule has 2 aromatic rings. The van der Waals surface area contributed by atoms with Crippen molar-refractivity contribution in [3.05, 3.63) is 40.9 Å². The molecule has 0 saturated carbocycles. The van der Waals surface area contributed by atoms with Crippen LogP contribution < -0.4 is 15.0 Å². The summed E-state index contributed by atoms with van der Waals surface area (Å²) in [4.78, 5) is 19.3. The molecule has 3 heterocycles. The third-order valence-electron chi connectivity index (χ3n) is 4.51. The van der Waals surface area contributed by atoms with Crippen LogP contribution in [0.1, 0.15) is 11.3 Å². The van der Waals surface area contributed by atoms with Gasteiger partial charge in [-0.15, -0.1) is 11.3 Å². The Morgan fingerprint density at radius 2 is 2.16 bits per heavy atom. The minimum atomic E-state index is -0.146. The molecule has 0 bridgehead atoms. The number of benzene rings is 1. The molecule has 7 heteroatoms. The molecule has 0 unspecified atom stereocenters. The van der Waals surface area contributed by atoms with Gasteiger partial charge in [0.15, 0.2) is 5.13 Å². The second kappa shape index (κ2) is 7.41. The molecule has 1 amide bonds. The number of morpholine rings is 1. The molecule has 132 valence electrons. The summed E-state index contributed by atoms with van der Waals surface area (Å²) in [5, 5.41) is 6.01. The van der Waals surface area contributed by atoms with E-state index >= 15 is 0 Å². The monoisotopic (exact) mass is 359 g/mol. The van der Waals surface area contributed by atoms with E-state index in [0.717, 1.165) is 54.9 Å². The number of nitrogens with one attached hydrogen (secondary N) is 1. The molecule has 0 aliphatic carbocycles. The van der Waals surface area contributed by atoms with Crippen LogP contribution in [-0.4, -0.2) is 43.8 Å². The van der Waals surface area contributed by atoms with Gasteiger partial charge in [-0.2, -0.15) is 0 Å². The van der Waals surface area contributed by atoms with Gasteiger partial charge in [0.25, 0.3) is 0 Å². The Balaban J connectivity index is 1.31. The first-order chi connectivity index (χ1) is 12.3. The molecule has 1 saturated heterocycles. The zero-order chi connectivity index (χ0) is 17.1. The highest BCUT2D eigenvalue weighted by molar-refractivity contribution is 7.13. The fraction of sp³-hybridized carbons (Fsp3) is 0.444. The predicted octanol–water partition coefficient (Wildman–Crippen LogP) is 1.85. The lowest BCUT2D eigenvalue weighted by Gasteiger charge is -2.26. The summed E-state index contributed by atoms with van der Waals surface area (Å²) in [5.74, 6) is 0.767. The number of para-hydroxylation sites is 1. The van der Waals surface area contributed by atoms with E-state index in [4.69, 9.17) is 9.47 Å². The van der Waals surface area contributed by atoms with E-state index in [-0.39, 0.29) is 11.8 Å². The summed E-state index contributed by atoms with van der Waals surface area (Å²) >= 11 is 1.62. The Labute approximate surface area is 150 Å². The second-order valence-corrected chi connectivity index (χ2v) is 7.09. The maximum atomic E-state index is 12.4. The van der Waals surface area contributed by atoms with E-state index in [2.05, 4.69) is 15.2 Å². The SMILES string of the molecule is O=C(NCc1csc(N2CCOCC2)n1)[C@H]1COc2ccccc2C1. The number of carbonyl (C=O) groups excluding carboxylic acids is 1. The Kier molecular flexibility index (Phi) is 4.85. The Morgan fingerprint density at radius 1 is 1.32 bits per heavy atom. The Hall–Kier alpha value is -2.12. The van der Waals surface area contributed by atoms with Crippen LogP contribution in [0.5, 0.6) is 5.75 Å². The van der Waals surface area contributed by atoms with Crippen molar-refractivity contribution in [3.63, 3.8) is 0 Å². The average Bonchev–Trinajstić information content (AvgIpc) is 3.15. The smallest absolute Gasteiger partial charge is 0.227 e. The summed E-state index contributed by atoms with van der Waals surface area (Å²) in [7, 11) is 0. The molecule has 4 rings (SSSR count). The largest absolute Gasteiger partial charge is 0.492 e. The van der Waals surface area contributed by atoms with Crippen LogP contribution in [0.15, 0.2) is 29.6 Å². The third kappa shape index (κ3) is 3.77. The fourth-order valence-corrected chi connectivity index (χ4v) is 3.97. The van der Waals surface area contributed by atoms with Gasteiger partial charge < -0.3 is 19.7 Å². The summed E-state index contributed by atoms with van der Waals surface area (Å²) in [6, 6.07) is 7.90. The zero-order valence-corrected chi connectivity index (χ0v) is 14.8. The Morgan fingerprint density at radius 3 is 3.04 bits per heavy atom. The molecule has 6 nitrogen and oxygen atoms in total. The minimum Gasteiger partial charge on any atom is -0.492 e. The lowest BCUT2D eigenvalue weighted by atomic mass is 9.96. The minimum absolute atomic E-state index is 0.0235. The van der Waals surface area contributed by atoms with Gasteiger partial charge in [-0.1, -0.05) is 18.2 Å². The number of fused-ring (bicyclic) bond motifs is 1. The molecule has 2 aliphatic heterocycles. The fourth-order valence-electron chi connectivity index (χ4n) is 3.10. The maximum absolute atomic E-state index is 12.4. The standard InChI is InChI=1S/C18H21N3O3S/c22-17(14-9-13-3-1-2-4-16(13)24-11-14)19-10-15-12-25-18(20-15)21-5-7-23-8-6-21/h1-4,12,14H,5-11H2,(H,19,22)/t14-/m1/s1. The molecule has 1 aromatic heterocycles. The van der Waals surface area contributed by atoms with Crippen LogP contribution in [0.3, 0.4) is 0 Å². The number of hydrogen-bond donors (Lipinski definition) is 1. The quantitative estimate of drug-likeness (QED) is 0.903. The zero-order valence-electron chi connectivity index (χ0n) is 13.9. The third-order valence-corrected chi connectivity index (χ3v) is 5.46. The van der Waals surface area contributed by atoms with Crippen LogP contribution in [-0.2, 0) is 22.5 Å². The second-order valence-electron chi connectivity index (χ2n) is 6.26. The molecule has 1 N–H and O–H groups in total. The van der Waals surface area contributed by atoms with Gasteiger partial charge >= 0.3 is 0 Å². The number of ether oxygens (including phenoxy) is 2. The number of thiazole rings is 1. The van der Waals surface area contributed by atoms with Crippen molar-refractivity contribution in [1.29, 1.82) is 0 Å². The van der Waals surface area contributed by atoms with Crippen LogP contribution >= 0.6 is 11.3 Å². The van der Waals surface area contributed by atoms with Crippen molar-refractivity contribution < 1.29 is 14.3 Å². The van der Waals surface area contributed by atoms with Crippen molar-refractivity contribution >= 4 is 22.4 Å². The first-order valence-electron chi connectivity index (χ1n) is 8.55. The summed E-state index contributed by atoms with van der Waals surface area (Å²) < 4.78 is 11.1. The van der Waals surface area contributed by atoms with Gasteiger partial charge in [0.1, 0.15) is 12.4 Å². The highest BCUT2D eigenvalue weighted by atomic mass is 32.1. The van der Waals surface area contributed by atoms with Crippen molar-refractivity contribution in [2.24, 2.45) is 5.92 Å². The number of nitrogens with zero attached hydrogens (tertiary/aromatic N) is 2. The molecule has 25 heavy (non-hydrogen) atoms. The highest BCUT2D eigenvalue weighted by Crippen LogP contribution is 2.27. The Bertz CT molecular complexity index is 743. The molecular weight excluding hydrogens is 338 g/mol. The van der Waals surface area contributed by atoms with Gasteiger partial charge in [0.2, 0.25) is 5.91 Å². The molecule has 2 aliphatic rings. The van der Waals surface area contributed by atoms with E-state index in [1.54, 1.807) is 11.3 Å². The molecule has 0 radical (unpaired) electrons. The van der Waals surface area contributed by atoms with Crippen LogP contribution in [0, 0.1) is 5.92 Å². The molecule has 1 aromatic carbocycles.